The first-order valence-corrected chi connectivity index (χ1v) is 8.85. The number of aryl methyl sites for hydroxylation is 1. The molecular weight excluding hydrogens is 308 g/mol. The van der Waals surface area contributed by atoms with E-state index in [1.807, 2.05) is 12.1 Å². The van der Waals surface area contributed by atoms with Gasteiger partial charge < -0.3 is 5.32 Å². The summed E-state index contributed by atoms with van der Waals surface area (Å²) in [5.74, 6) is 0.980. The van der Waals surface area contributed by atoms with E-state index in [4.69, 9.17) is 0 Å². The number of sulfonamides is 1. The molecule has 3 rings (SSSR count). The molecule has 1 N–H and O–H groups in total. The number of hydrogen-bond acceptors (Lipinski definition) is 3. The monoisotopic (exact) mass is 330 g/mol. The summed E-state index contributed by atoms with van der Waals surface area (Å²) in [6.07, 6.45) is 2.08. The molecule has 2 aliphatic rings. The van der Waals surface area contributed by atoms with Gasteiger partial charge in [0, 0.05) is 13.1 Å². The Morgan fingerprint density at radius 2 is 1.71 bits per heavy atom. The third-order valence-corrected chi connectivity index (χ3v) is 6.30. The van der Waals surface area contributed by atoms with Gasteiger partial charge in [-0.05, 0) is 49.0 Å². The average molecular weight is 331 g/mol. The highest BCUT2D eigenvalue weighted by molar-refractivity contribution is 7.89. The van der Waals surface area contributed by atoms with Crippen LogP contribution in [0.3, 0.4) is 0 Å². The highest BCUT2D eigenvalue weighted by atomic mass is 35.5. The molecule has 0 aliphatic carbocycles. The number of nitrogens with one attached hydrogen (secondary N) is 1. The van der Waals surface area contributed by atoms with Gasteiger partial charge in [0.2, 0.25) is 10.0 Å². The highest BCUT2D eigenvalue weighted by Gasteiger charge is 2.41. The predicted molar refractivity (Wildman–Crippen MR) is 86.3 cm³/mol. The van der Waals surface area contributed by atoms with E-state index < -0.39 is 10.0 Å². The third kappa shape index (κ3) is 3.26. The lowest BCUT2D eigenvalue weighted by Crippen LogP contribution is -2.31. The van der Waals surface area contributed by atoms with Gasteiger partial charge in [-0.15, -0.1) is 12.4 Å². The fourth-order valence-electron chi connectivity index (χ4n) is 3.27. The average Bonchev–Trinajstić information content (AvgIpc) is 3.00. The van der Waals surface area contributed by atoms with E-state index in [-0.39, 0.29) is 12.4 Å². The summed E-state index contributed by atoms with van der Waals surface area (Å²) < 4.78 is 26.9. The molecule has 0 saturated carbocycles. The number of nitrogens with zero attached hydrogens (tertiary/aromatic N) is 1. The van der Waals surface area contributed by atoms with Crippen LogP contribution in [0.5, 0.6) is 0 Å². The molecule has 0 aromatic heterocycles. The predicted octanol–water partition coefficient (Wildman–Crippen LogP) is 1.90. The Morgan fingerprint density at radius 1 is 1.14 bits per heavy atom. The van der Waals surface area contributed by atoms with Crippen LogP contribution in [0.2, 0.25) is 0 Å². The van der Waals surface area contributed by atoms with Crippen LogP contribution in [0.4, 0.5) is 0 Å². The maximum absolute atomic E-state index is 12.6. The van der Waals surface area contributed by atoms with Gasteiger partial charge in [-0.1, -0.05) is 25.5 Å². The normalized spacial score (nSPS) is 25.6. The molecule has 2 atom stereocenters. The molecule has 0 bridgehead atoms. The second-order valence-electron chi connectivity index (χ2n) is 5.89. The molecule has 0 unspecified atom stereocenters. The molecule has 2 heterocycles. The van der Waals surface area contributed by atoms with E-state index in [0.29, 0.717) is 29.8 Å². The number of rotatable bonds is 4. The zero-order valence-corrected chi connectivity index (χ0v) is 13.9. The van der Waals surface area contributed by atoms with E-state index in [2.05, 4.69) is 12.2 Å². The van der Waals surface area contributed by atoms with Crippen LogP contribution in [0.15, 0.2) is 29.2 Å². The molecule has 118 valence electrons. The molecule has 4 nitrogen and oxygen atoms in total. The van der Waals surface area contributed by atoms with Gasteiger partial charge in [0.25, 0.3) is 0 Å². The molecule has 2 fully saturated rings. The van der Waals surface area contributed by atoms with Crippen molar-refractivity contribution in [1.29, 1.82) is 0 Å². The molecule has 1 aromatic rings. The minimum absolute atomic E-state index is 0. The Bertz CT molecular complexity index is 562. The second-order valence-corrected chi connectivity index (χ2v) is 7.83. The molecule has 0 amide bonds. The van der Waals surface area contributed by atoms with Gasteiger partial charge >= 0.3 is 0 Å². The third-order valence-electron chi connectivity index (χ3n) is 4.46. The van der Waals surface area contributed by atoms with Crippen molar-refractivity contribution in [3.8, 4) is 0 Å². The molecule has 2 aliphatic heterocycles. The minimum Gasteiger partial charge on any atom is -0.316 e. The SMILES string of the molecule is CCCc1ccc(S(=O)(=O)N2C[C@H]3CNC[C@H]3C2)cc1.Cl. The number of benzene rings is 1. The largest absolute Gasteiger partial charge is 0.316 e. The summed E-state index contributed by atoms with van der Waals surface area (Å²) in [5.41, 5.74) is 1.20. The first-order chi connectivity index (χ1) is 9.61. The van der Waals surface area contributed by atoms with E-state index in [0.717, 1.165) is 25.9 Å². The standard InChI is InChI=1S/C15H22N2O2S.ClH/c1-2-3-12-4-6-15(7-5-12)20(18,19)17-10-13-8-16-9-14(13)11-17;/h4-7,13-14,16H,2-3,8-11H2,1H3;1H/t13-,14+;. The lowest BCUT2D eigenvalue weighted by atomic mass is 10.0. The van der Waals surface area contributed by atoms with Gasteiger partial charge in [0.1, 0.15) is 0 Å². The van der Waals surface area contributed by atoms with Crippen molar-refractivity contribution >= 4 is 22.4 Å². The van der Waals surface area contributed by atoms with Gasteiger partial charge in [-0.3, -0.25) is 0 Å². The zero-order chi connectivity index (χ0) is 14.2. The summed E-state index contributed by atoms with van der Waals surface area (Å²) in [6.45, 7) is 5.35. The summed E-state index contributed by atoms with van der Waals surface area (Å²) in [7, 11) is -3.31. The molecule has 6 heteroatoms. The van der Waals surface area contributed by atoms with Gasteiger partial charge in [0.05, 0.1) is 4.90 Å². The number of fused-ring (bicyclic) bond motifs is 1. The molecule has 2 saturated heterocycles. The second kappa shape index (κ2) is 6.65. The van der Waals surface area contributed by atoms with Crippen LogP contribution in [-0.4, -0.2) is 38.9 Å². The lowest BCUT2D eigenvalue weighted by Gasteiger charge is -2.17. The summed E-state index contributed by atoms with van der Waals surface area (Å²) in [5, 5.41) is 3.34. The Balaban J connectivity index is 0.00000161. The summed E-state index contributed by atoms with van der Waals surface area (Å²) in [6, 6.07) is 7.39. The van der Waals surface area contributed by atoms with Gasteiger partial charge in [0.15, 0.2) is 0 Å². The minimum atomic E-state index is -3.31. The Hall–Kier alpha value is -0.620. The van der Waals surface area contributed by atoms with Crippen molar-refractivity contribution < 1.29 is 8.42 Å². The maximum Gasteiger partial charge on any atom is 0.243 e. The first kappa shape index (κ1) is 16.7. The van der Waals surface area contributed by atoms with E-state index >= 15 is 0 Å². The highest BCUT2D eigenvalue weighted by Crippen LogP contribution is 2.30. The molecule has 1 aromatic carbocycles. The lowest BCUT2D eigenvalue weighted by molar-refractivity contribution is 0.448. The van der Waals surface area contributed by atoms with Crippen LogP contribution in [0.1, 0.15) is 18.9 Å². The van der Waals surface area contributed by atoms with E-state index in [1.165, 1.54) is 5.56 Å². The quantitative estimate of drug-likeness (QED) is 0.917. The molecule has 0 radical (unpaired) electrons. The van der Waals surface area contributed by atoms with Crippen molar-refractivity contribution in [3.05, 3.63) is 29.8 Å². The van der Waals surface area contributed by atoms with Gasteiger partial charge in [-0.2, -0.15) is 4.31 Å². The van der Waals surface area contributed by atoms with Gasteiger partial charge in [-0.25, -0.2) is 8.42 Å². The van der Waals surface area contributed by atoms with Crippen molar-refractivity contribution in [2.45, 2.75) is 24.7 Å². The number of hydrogen-bond donors (Lipinski definition) is 1. The Kier molecular flexibility index (Phi) is 5.30. The van der Waals surface area contributed by atoms with Crippen molar-refractivity contribution in [2.75, 3.05) is 26.2 Å². The smallest absolute Gasteiger partial charge is 0.243 e. The van der Waals surface area contributed by atoms with E-state index in [1.54, 1.807) is 16.4 Å². The molecular formula is C15H23ClN2O2S. The Labute approximate surface area is 133 Å². The zero-order valence-electron chi connectivity index (χ0n) is 12.3. The topological polar surface area (TPSA) is 49.4 Å². The van der Waals surface area contributed by atoms with Crippen LogP contribution in [-0.2, 0) is 16.4 Å². The van der Waals surface area contributed by atoms with Crippen LogP contribution >= 0.6 is 12.4 Å². The van der Waals surface area contributed by atoms with Crippen molar-refractivity contribution in [3.63, 3.8) is 0 Å². The summed E-state index contributed by atoms with van der Waals surface area (Å²) >= 11 is 0. The van der Waals surface area contributed by atoms with Crippen LogP contribution < -0.4 is 5.32 Å². The fraction of sp³-hybridized carbons (Fsp3) is 0.600. The number of halogens is 1. The van der Waals surface area contributed by atoms with E-state index in [9.17, 15) is 8.42 Å². The fourth-order valence-corrected chi connectivity index (χ4v) is 4.83. The first-order valence-electron chi connectivity index (χ1n) is 7.41. The van der Waals surface area contributed by atoms with Crippen LogP contribution in [0, 0.1) is 11.8 Å². The Morgan fingerprint density at radius 3 is 2.24 bits per heavy atom. The summed E-state index contributed by atoms with van der Waals surface area (Å²) in [4.78, 5) is 0.435. The van der Waals surface area contributed by atoms with Crippen molar-refractivity contribution in [2.24, 2.45) is 11.8 Å². The maximum atomic E-state index is 12.6. The molecule has 0 spiro atoms. The van der Waals surface area contributed by atoms with Crippen LogP contribution in [0.25, 0.3) is 0 Å². The molecule has 21 heavy (non-hydrogen) atoms. The van der Waals surface area contributed by atoms with Crippen molar-refractivity contribution in [1.82, 2.24) is 9.62 Å².